The van der Waals surface area contributed by atoms with Crippen LogP contribution in [0.3, 0.4) is 0 Å². The van der Waals surface area contributed by atoms with Crippen molar-refractivity contribution in [3.8, 4) is 0 Å². The van der Waals surface area contributed by atoms with Gasteiger partial charge in [-0.2, -0.15) is 0 Å². The number of carbonyl (C=O) groups excluding carboxylic acids is 3. The Labute approximate surface area is 179 Å². The highest BCUT2D eigenvalue weighted by molar-refractivity contribution is 6.33. The number of carbonyl (C=O) groups is 3. The van der Waals surface area contributed by atoms with E-state index in [0.29, 0.717) is 10.7 Å². The minimum absolute atomic E-state index is 0.150. The van der Waals surface area contributed by atoms with Crippen LogP contribution in [0, 0.1) is 0 Å². The third-order valence-corrected chi connectivity index (χ3v) is 4.95. The monoisotopic (exact) mass is 423 g/mol. The Morgan fingerprint density at radius 3 is 2.40 bits per heavy atom. The molecule has 0 saturated heterocycles. The van der Waals surface area contributed by atoms with Crippen LogP contribution < -0.4 is 10.6 Å². The number of hydrogen-bond acceptors (Lipinski definition) is 3. The molecule has 0 aliphatic heterocycles. The van der Waals surface area contributed by atoms with Gasteiger partial charge in [0.2, 0.25) is 17.7 Å². The summed E-state index contributed by atoms with van der Waals surface area (Å²) in [6.45, 7) is -0.331. The van der Waals surface area contributed by atoms with Gasteiger partial charge in [-0.1, -0.05) is 66.2 Å². The Bertz CT molecular complexity index is 1080. The number of hydrogen-bond donors (Lipinski definition) is 2. The average molecular weight is 424 g/mol. The van der Waals surface area contributed by atoms with Gasteiger partial charge in [0.15, 0.2) is 0 Å². The fourth-order valence-electron chi connectivity index (χ4n) is 3.05. The summed E-state index contributed by atoms with van der Waals surface area (Å²) < 4.78 is 0. The highest BCUT2D eigenvalue weighted by atomic mass is 35.5. The predicted octanol–water partition coefficient (Wildman–Crippen LogP) is 3.25. The first-order chi connectivity index (χ1) is 14.4. The lowest BCUT2D eigenvalue weighted by Gasteiger charge is -2.17. The molecule has 0 saturated carbocycles. The maximum Gasteiger partial charge on any atom is 0.244 e. The van der Waals surface area contributed by atoms with Crippen molar-refractivity contribution in [2.24, 2.45) is 0 Å². The van der Waals surface area contributed by atoms with Crippen molar-refractivity contribution in [3.63, 3.8) is 0 Å². The Hall–Kier alpha value is -3.38. The van der Waals surface area contributed by atoms with Gasteiger partial charge in [0, 0.05) is 7.05 Å². The van der Waals surface area contributed by atoms with E-state index < -0.39 is 0 Å². The lowest BCUT2D eigenvalue weighted by molar-refractivity contribution is -0.134. The molecule has 6 nitrogen and oxygen atoms in total. The molecular formula is C23H22ClN3O3. The number of likely N-dealkylation sites (N-methyl/N-ethyl adjacent to an activating group) is 1. The Morgan fingerprint density at radius 1 is 0.900 bits per heavy atom. The van der Waals surface area contributed by atoms with Crippen LogP contribution in [0.5, 0.6) is 0 Å². The Kier molecular flexibility index (Phi) is 7.03. The third kappa shape index (κ3) is 5.58. The first-order valence-electron chi connectivity index (χ1n) is 9.45. The van der Waals surface area contributed by atoms with Crippen molar-refractivity contribution < 1.29 is 14.4 Å². The molecule has 0 radical (unpaired) electrons. The molecule has 3 aromatic carbocycles. The fourth-order valence-corrected chi connectivity index (χ4v) is 3.23. The number of halogens is 1. The van der Waals surface area contributed by atoms with Crippen LogP contribution in [-0.2, 0) is 20.8 Å². The van der Waals surface area contributed by atoms with Crippen molar-refractivity contribution in [1.82, 2.24) is 10.2 Å². The summed E-state index contributed by atoms with van der Waals surface area (Å²) in [6.07, 6.45) is 0.172. The van der Waals surface area contributed by atoms with Gasteiger partial charge in [0.25, 0.3) is 0 Å². The zero-order valence-electron chi connectivity index (χ0n) is 16.5. The fraction of sp³-hybridized carbons (Fsp3) is 0.174. The second-order valence-corrected chi connectivity index (χ2v) is 7.28. The second kappa shape index (κ2) is 9.89. The van der Waals surface area contributed by atoms with Crippen LogP contribution in [-0.4, -0.2) is 42.8 Å². The van der Waals surface area contributed by atoms with Crippen molar-refractivity contribution >= 4 is 45.8 Å². The van der Waals surface area contributed by atoms with Crippen LogP contribution in [0.4, 0.5) is 5.69 Å². The standard InChI is InChI=1S/C23H22ClN3O3/c1-27(15-22(29)26-20-12-5-4-11-19(20)24)23(30)14-25-21(28)13-17-9-6-8-16-7-2-3-10-18(16)17/h2-12H,13-15H2,1H3,(H,25,28)(H,26,29). The number of para-hydroxylation sites is 1. The first kappa shape index (κ1) is 21.3. The van der Waals surface area contributed by atoms with E-state index in [1.165, 1.54) is 11.9 Å². The largest absolute Gasteiger partial charge is 0.347 e. The van der Waals surface area contributed by atoms with E-state index in [-0.39, 0.29) is 37.2 Å². The van der Waals surface area contributed by atoms with Gasteiger partial charge in [0.1, 0.15) is 0 Å². The molecule has 3 aromatic rings. The topological polar surface area (TPSA) is 78.5 Å². The quantitative estimate of drug-likeness (QED) is 0.612. The molecule has 0 heterocycles. The molecule has 0 fully saturated rings. The van der Waals surface area contributed by atoms with Crippen LogP contribution in [0.15, 0.2) is 66.7 Å². The van der Waals surface area contributed by atoms with Crippen LogP contribution >= 0.6 is 11.6 Å². The minimum atomic E-state index is -0.374. The van der Waals surface area contributed by atoms with Gasteiger partial charge in [0.05, 0.1) is 30.2 Å². The molecule has 0 unspecified atom stereocenters. The molecule has 0 bridgehead atoms. The molecule has 30 heavy (non-hydrogen) atoms. The van der Waals surface area contributed by atoms with E-state index in [2.05, 4.69) is 10.6 Å². The van der Waals surface area contributed by atoms with E-state index in [4.69, 9.17) is 11.6 Å². The van der Waals surface area contributed by atoms with E-state index >= 15 is 0 Å². The maximum atomic E-state index is 12.3. The number of rotatable bonds is 7. The van der Waals surface area contributed by atoms with Gasteiger partial charge in [-0.15, -0.1) is 0 Å². The van der Waals surface area contributed by atoms with E-state index in [1.807, 2.05) is 42.5 Å². The highest BCUT2D eigenvalue weighted by Gasteiger charge is 2.15. The SMILES string of the molecule is CN(CC(=O)Nc1ccccc1Cl)C(=O)CNC(=O)Cc1cccc2ccccc12. The summed E-state index contributed by atoms with van der Waals surface area (Å²) in [5, 5.41) is 7.77. The summed E-state index contributed by atoms with van der Waals surface area (Å²) >= 11 is 6.01. The number of nitrogens with one attached hydrogen (secondary N) is 2. The molecule has 0 aliphatic rings. The van der Waals surface area contributed by atoms with E-state index in [0.717, 1.165) is 16.3 Å². The lowest BCUT2D eigenvalue weighted by atomic mass is 10.0. The molecule has 0 spiro atoms. The highest BCUT2D eigenvalue weighted by Crippen LogP contribution is 2.20. The molecule has 3 amide bonds. The summed E-state index contributed by atoms with van der Waals surface area (Å²) in [5.41, 5.74) is 1.37. The number of nitrogens with zero attached hydrogens (tertiary/aromatic N) is 1. The van der Waals surface area contributed by atoms with Gasteiger partial charge in [-0.25, -0.2) is 0 Å². The van der Waals surface area contributed by atoms with Gasteiger partial charge in [-0.05, 0) is 28.5 Å². The molecule has 3 rings (SSSR count). The Balaban J connectivity index is 1.49. The van der Waals surface area contributed by atoms with Crippen molar-refractivity contribution in [2.45, 2.75) is 6.42 Å². The number of benzene rings is 3. The van der Waals surface area contributed by atoms with Crippen LogP contribution in [0.1, 0.15) is 5.56 Å². The molecule has 0 aromatic heterocycles. The normalized spacial score (nSPS) is 10.5. The lowest BCUT2D eigenvalue weighted by Crippen LogP contribution is -2.41. The summed E-state index contributed by atoms with van der Waals surface area (Å²) in [6, 6.07) is 20.5. The molecule has 7 heteroatoms. The smallest absolute Gasteiger partial charge is 0.244 e. The van der Waals surface area contributed by atoms with Crippen LogP contribution in [0.2, 0.25) is 5.02 Å². The zero-order chi connectivity index (χ0) is 21.5. The van der Waals surface area contributed by atoms with Crippen molar-refractivity contribution in [3.05, 3.63) is 77.3 Å². The second-order valence-electron chi connectivity index (χ2n) is 6.87. The predicted molar refractivity (Wildman–Crippen MR) is 118 cm³/mol. The van der Waals surface area contributed by atoms with Gasteiger partial charge < -0.3 is 15.5 Å². The Morgan fingerprint density at radius 2 is 1.60 bits per heavy atom. The van der Waals surface area contributed by atoms with E-state index in [9.17, 15) is 14.4 Å². The average Bonchev–Trinajstić information content (AvgIpc) is 2.74. The number of amides is 3. The summed E-state index contributed by atoms with van der Waals surface area (Å²) in [5.74, 6) is -0.995. The van der Waals surface area contributed by atoms with Crippen LogP contribution in [0.25, 0.3) is 10.8 Å². The molecular weight excluding hydrogens is 402 g/mol. The molecule has 0 aliphatic carbocycles. The summed E-state index contributed by atoms with van der Waals surface area (Å²) in [4.78, 5) is 38.0. The maximum absolute atomic E-state index is 12.3. The van der Waals surface area contributed by atoms with Gasteiger partial charge in [-0.3, -0.25) is 14.4 Å². The molecule has 0 atom stereocenters. The van der Waals surface area contributed by atoms with Crippen molar-refractivity contribution in [1.29, 1.82) is 0 Å². The number of fused-ring (bicyclic) bond motifs is 1. The molecule has 154 valence electrons. The number of anilines is 1. The van der Waals surface area contributed by atoms with E-state index in [1.54, 1.807) is 24.3 Å². The van der Waals surface area contributed by atoms with Crippen molar-refractivity contribution in [2.75, 3.05) is 25.5 Å². The minimum Gasteiger partial charge on any atom is -0.347 e. The summed E-state index contributed by atoms with van der Waals surface area (Å²) in [7, 11) is 1.51. The van der Waals surface area contributed by atoms with Gasteiger partial charge >= 0.3 is 0 Å². The molecule has 2 N–H and O–H groups in total. The first-order valence-corrected chi connectivity index (χ1v) is 9.83. The zero-order valence-corrected chi connectivity index (χ0v) is 17.3. The third-order valence-electron chi connectivity index (χ3n) is 4.62.